The molecule has 0 aliphatic carbocycles. The molecular formula is C16H13ClN4O. The van der Waals surface area contributed by atoms with E-state index in [2.05, 4.69) is 20.5 Å². The summed E-state index contributed by atoms with van der Waals surface area (Å²) in [7, 11) is 0. The molecule has 6 heteroatoms. The molecule has 0 fully saturated rings. The highest BCUT2D eigenvalue weighted by atomic mass is 35.5. The zero-order chi connectivity index (χ0) is 15.1. The Morgan fingerprint density at radius 2 is 2.23 bits per heavy atom. The van der Waals surface area contributed by atoms with Crippen LogP contribution in [0, 0.1) is 6.92 Å². The molecule has 1 aromatic carbocycles. The first-order valence-electron chi connectivity index (χ1n) is 6.91. The zero-order valence-corrected chi connectivity index (χ0v) is 12.6. The van der Waals surface area contributed by atoms with Crippen molar-refractivity contribution in [2.75, 3.05) is 5.32 Å². The van der Waals surface area contributed by atoms with Gasteiger partial charge in [0, 0.05) is 33.6 Å². The topological polar surface area (TPSA) is 66.7 Å². The molecule has 3 aromatic heterocycles. The van der Waals surface area contributed by atoms with Crippen LogP contribution in [0.3, 0.4) is 0 Å². The van der Waals surface area contributed by atoms with E-state index in [4.69, 9.17) is 16.0 Å². The van der Waals surface area contributed by atoms with Crippen molar-refractivity contribution in [2.45, 2.75) is 13.5 Å². The molecule has 0 saturated carbocycles. The summed E-state index contributed by atoms with van der Waals surface area (Å²) in [4.78, 5) is 4.33. The van der Waals surface area contributed by atoms with Gasteiger partial charge in [0.2, 0.25) is 0 Å². The van der Waals surface area contributed by atoms with Crippen molar-refractivity contribution in [1.82, 2.24) is 15.2 Å². The third-order valence-electron chi connectivity index (χ3n) is 3.68. The molecule has 0 atom stereocenters. The maximum atomic E-state index is 6.15. The molecule has 0 spiro atoms. The van der Waals surface area contributed by atoms with E-state index in [0.717, 1.165) is 38.9 Å². The van der Waals surface area contributed by atoms with E-state index in [1.807, 2.05) is 31.2 Å². The van der Waals surface area contributed by atoms with Crippen molar-refractivity contribution >= 4 is 39.3 Å². The van der Waals surface area contributed by atoms with Crippen molar-refractivity contribution in [3.8, 4) is 0 Å². The highest BCUT2D eigenvalue weighted by Gasteiger charge is 2.08. The number of anilines is 1. The number of aromatic amines is 1. The number of aromatic nitrogens is 3. The minimum Gasteiger partial charge on any atom is -0.464 e. The molecule has 0 aliphatic rings. The van der Waals surface area contributed by atoms with Crippen molar-refractivity contribution < 1.29 is 4.42 Å². The van der Waals surface area contributed by atoms with Gasteiger partial charge in [-0.25, -0.2) is 4.98 Å². The van der Waals surface area contributed by atoms with Crippen LogP contribution >= 0.6 is 11.6 Å². The second-order valence-corrected chi connectivity index (χ2v) is 5.64. The summed E-state index contributed by atoms with van der Waals surface area (Å²) in [5.74, 6) is 0. The summed E-state index contributed by atoms with van der Waals surface area (Å²) in [5.41, 5.74) is 4.51. The Hall–Kier alpha value is -2.53. The summed E-state index contributed by atoms with van der Waals surface area (Å²) in [6.07, 6.45) is 3.44. The van der Waals surface area contributed by atoms with Gasteiger partial charge in [-0.15, -0.1) is 0 Å². The summed E-state index contributed by atoms with van der Waals surface area (Å²) < 4.78 is 5.54. The Kier molecular flexibility index (Phi) is 3.01. The average Bonchev–Trinajstić information content (AvgIpc) is 3.12. The van der Waals surface area contributed by atoms with E-state index in [-0.39, 0.29) is 0 Å². The Labute approximate surface area is 131 Å². The van der Waals surface area contributed by atoms with Crippen LogP contribution in [0.25, 0.3) is 22.0 Å². The molecule has 4 aromatic rings. The van der Waals surface area contributed by atoms with Crippen LogP contribution in [0.5, 0.6) is 0 Å². The number of furan rings is 1. The molecular weight excluding hydrogens is 300 g/mol. The molecule has 3 heterocycles. The summed E-state index contributed by atoms with van der Waals surface area (Å²) in [5, 5.41) is 13.1. The number of benzene rings is 1. The summed E-state index contributed by atoms with van der Waals surface area (Å²) in [6, 6.07) is 7.75. The van der Waals surface area contributed by atoms with E-state index in [0.29, 0.717) is 11.6 Å². The molecule has 5 nitrogen and oxygen atoms in total. The first-order valence-corrected chi connectivity index (χ1v) is 7.29. The van der Waals surface area contributed by atoms with Crippen LogP contribution in [-0.4, -0.2) is 15.2 Å². The van der Waals surface area contributed by atoms with Gasteiger partial charge in [-0.3, -0.25) is 5.10 Å². The SMILES string of the molecule is Cc1[nH]nc2ncc(NCc3cc(Cl)cc4ccoc34)cc12. The minimum atomic E-state index is 0.606. The van der Waals surface area contributed by atoms with Crippen LogP contribution in [0.4, 0.5) is 5.69 Å². The Balaban J connectivity index is 1.65. The lowest BCUT2D eigenvalue weighted by Gasteiger charge is -2.07. The van der Waals surface area contributed by atoms with Crippen molar-refractivity contribution in [3.05, 3.63) is 53.0 Å². The lowest BCUT2D eigenvalue weighted by molar-refractivity contribution is 0.611. The molecule has 0 unspecified atom stereocenters. The largest absolute Gasteiger partial charge is 0.464 e. The van der Waals surface area contributed by atoms with Crippen molar-refractivity contribution in [2.24, 2.45) is 0 Å². The van der Waals surface area contributed by atoms with E-state index < -0.39 is 0 Å². The monoisotopic (exact) mass is 312 g/mol. The first-order chi connectivity index (χ1) is 10.7. The smallest absolute Gasteiger partial charge is 0.181 e. The van der Waals surface area contributed by atoms with Crippen molar-refractivity contribution in [3.63, 3.8) is 0 Å². The fourth-order valence-corrected chi connectivity index (χ4v) is 2.81. The lowest BCUT2D eigenvalue weighted by atomic mass is 10.1. The molecule has 110 valence electrons. The second-order valence-electron chi connectivity index (χ2n) is 5.20. The van der Waals surface area contributed by atoms with Crippen LogP contribution in [0.1, 0.15) is 11.3 Å². The quantitative estimate of drug-likeness (QED) is 0.592. The number of nitrogens with one attached hydrogen (secondary N) is 2. The van der Waals surface area contributed by atoms with Gasteiger partial charge in [0.05, 0.1) is 18.1 Å². The van der Waals surface area contributed by atoms with Gasteiger partial charge in [-0.1, -0.05) is 11.6 Å². The van der Waals surface area contributed by atoms with Crippen LogP contribution in [0.15, 0.2) is 41.1 Å². The average molecular weight is 313 g/mol. The third kappa shape index (κ3) is 2.19. The third-order valence-corrected chi connectivity index (χ3v) is 3.89. The number of fused-ring (bicyclic) bond motifs is 2. The molecule has 0 bridgehead atoms. The molecule has 2 N–H and O–H groups in total. The van der Waals surface area contributed by atoms with Crippen LogP contribution in [0.2, 0.25) is 5.02 Å². The highest BCUT2D eigenvalue weighted by Crippen LogP contribution is 2.26. The van der Waals surface area contributed by atoms with Gasteiger partial charge in [-0.2, -0.15) is 5.10 Å². The molecule has 0 aliphatic heterocycles. The minimum absolute atomic E-state index is 0.606. The van der Waals surface area contributed by atoms with Crippen LogP contribution in [-0.2, 0) is 6.54 Å². The fourth-order valence-electron chi connectivity index (χ4n) is 2.56. The number of halogens is 1. The zero-order valence-electron chi connectivity index (χ0n) is 11.9. The Bertz CT molecular complexity index is 973. The number of hydrogen-bond donors (Lipinski definition) is 2. The molecule has 22 heavy (non-hydrogen) atoms. The van der Waals surface area contributed by atoms with Crippen LogP contribution < -0.4 is 5.32 Å². The number of pyridine rings is 1. The van der Waals surface area contributed by atoms with E-state index in [1.165, 1.54) is 0 Å². The van der Waals surface area contributed by atoms with Gasteiger partial charge in [-0.05, 0) is 31.2 Å². The summed E-state index contributed by atoms with van der Waals surface area (Å²) in [6.45, 7) is 2.58. The van der Waals surface area contributed by atoms with E-state index >= 15 is 0 Å². The number of H-pyrrole nitrogens is 1. The molecule has 0 saturated heterocycles. The lowest BCUT2D eigenvalue weighted by Crippen LogP contribution is -2.00. The fraction of sp³-hybridized carbons (Fsp3) is 0.125. The highest BCUT2D eigenvalue weighted by molar-refractivity contribution is 6.31. The first kappa shape index (κ1) is 13.2. The number of aryl methyl sites for hydroxylation is 1. The van der Waals surface area contributed by atoms with Gasteiger partial charge >= 0.3 is 0 Å². The van der Waals surface area contributed by atoms with Gasteiger partial charge in [0.15, 0.2) is 5.65 Å². The molecule has 4 rings (SSSR count). The van der Waals surface area contributed by atoms with E-state index in [1.54, 1.807) is 12.5 Å². The summed E-state index contributed by atoms with van der Waals surface area (Å²) >= 11 is 6.15. The Morgan fingerprint density at radius 1 is 1.32 bits per heavy atom. The maximum Gasteiger partial charge on any atom is 0.181 e. The second kappa shape index (κ2) is 5.03. The predicted molar refractivity (Wildman–Crippen MR) is 87.2 cm³/mol. The van der Waals surface area contributed by atoms with E-state index in [9.17, 15) is 0 Å². The number of nitrogens with zero attached hydrogens (tertiary/aromatic N) is 2. The van der Waals surface area contributed by atoms with Gasteiger partial charge in [0.1, 0.15) is 5.58 Å². The van der Waals surface area contributed by atoms with Gasteiger partial charge in [0.25, 0.3) is 0 Å². The standard InChI is InChI=1S/C16H13ClN4O/c1-9-14-6-13(8-19-16(14)21-20-9)18-7-11-5-12(17)4-10-2-3-22-15(10)11/h2-6,8,18H,7H2,1H3,(H,19,20,21). The number of hydrogen-bond acceptors (Lipinski definition) is 4. The van der Waals surface area contributed by atoms with Crippen molar-refractivity contribution in [1.29, 1.82) is 0 Å². The maximum absolute atomic E-state index is 6.15. The van der Waals surface area contributed by atoms with Gasteiger partial charge < -0.3 is 9.73 Å². The Morgan fingerprint density at radius 3 is 3.14 bits per heavy atom. The normalized spacial score (nSPS) is 11.4. The predicted octanol–water partition coefficient (Wildman–Crippen LogP) is 4.28. The number of rotatable bonds is 3. The molecule has 0 radical (unpaired) electrons. The molecule has 0 amide bonds.